The lowest BCUT2D eigenvalue weighted by Crippen LogP contribution is -2.43. The summed E-state index contributed by atoms with van der Waals surface area (Å²) in [6, 6.07) is 0.843. The topological polar surface area (TPSA) is 3.24 Å². The molecule has 1 heteroatoms. The Morgan fingerprint density at radius 3 is 2.65 bits per heavy atom. The number of nitrogens with zero attached hydrogens (tertiary/aromatic N) is 1. The third kappa shape index (κ3) is 1.65. The van der Waals surface area contributed by atoms with Crippen molar-refractivity contribution < 1.29 is 0 Å². The van der Waals surface area contributed by atoms with Crippen molar-refractivity contribution in [3.05, 3.63) is 23.3 Å². The van der Waals surface area contributed by atoms with Gasteiger partial charge in [-0.3, -0.25) is 0 Å². The molecule has 2 fully saturated rings. The lowest BCUT2D eigenvalue weighted by molar-refractivity contribution is 0.127. The van der Waals surface area contributed by atoms with E-state index in [1.54, 1.807) is 0 Å². The Morgan fingerprint density at radius 2 is 2.05 bits per heavy atom. The normalized spacial score (nSPS) is 45.1. The van der Waals surface area contributed by atoms with Crippen LogP contribution in [0.4, 0.5) is 0 Å². The van der Waals surface area contributed by atoms with E-state index in [9.17, 15) is 0 Å². The summed E-state index contributed by atoms with van der Waals surface area (Å²) in [6.07, 6.45) is 9.44. The molecular formula is C19H29N. The summed E-state index contributed by atoms with van der Waals surface area (Å²) in [5.41, 5.74) is 3.72. The summed E-state index contributed by atoms with van der Waals surface area (Å²) in [5.74, 6) is 5.33. The summed E-state index contributed by atoms with van der Waals surface area (Å²) in [4.78, 5) is 2.64. The molecule has 2 saturated carbocycles. The number of hydrogen-bond acceptors (Lipinski definition) is 1. The predicted octanol–water partition coefficient (Wildman–Crippen LogP) is 4.12. The molecule has 0 amide bonds. The zero-order valence-electron chi connectivity index (χ0n) is 13.5. The molecule has 4 rings (SSSR count). The summed E-state index contributed by atoms with van der Waals surface area (Å²) >= 11 is 0. The van der Waals surface area contributed by atoms with Gasteiger partial charge in [-0.2, -0.15) is 0 Å². The third-order valence-electron chi connectivity index (χ3n) is 6.80. The fourth-order valence-electron chi connectivity index (χ4n) is 5.71. The monoisotopic (exact) mass is 271 g/mol. The number of rotatable bonds is 3. The maximum atomic E-state index is 2.64. The van der Waals surface area contributed by atoms with E-state index in [1.165, 1.54) is 25.8 Å². The summed E-state index contributed by atoms with van der Waals surface area (Å²) in [7, 11) is 2.35. The molecule has 6 atom stereocenters. The van der Waals surface area contributed by atoms with Gasteiger partial charge in [-0.15, -0.1) is 0 Å². The maximum absolute atomic E-state index is 2.64. The first-order valence-electron chi connectivity index (χ1n) is 8.74. The SMILES string of the molecule is CCN(C)C1CCC2C3CC3=C(C(C)C)C3C=CC3C21. The number of fused-ring (bicyclic) bond motifs is 5. The molecule has 0 heterocycles. The van der Waals surface area contributed by atoms with Gasteiger partial charge >= 0.3 is 0 Å². The van der Waals surface area contributed by atoms with Crippen LogP contribution in [0.2, 0.25) is 0 Å². The predicted molar refractivity (Wildman–Crippen MR) is 84.4 cm³/mol. The molecule has 0 aliphatic heterocycles. The van der Waals surface area contributed by atoms with E-state index in [-0.39, 0.29) is 0 Å². The Bertz CT molecular complexity index is 472. The van der Waals surface area contributed by atoms with E-state index in [0.717, 1.165) is 41.5 Å². The van der Waals surface area contributed by atoms with E-state index in [0.29, 0.717) is 0 Å². The van der Waals surface area contributed by atoms with Crippen LogP contribution in [0, 0.1) is 35.5 Å². The molecule has 110 valence electrons. The van der Waals surface area contributed by atoms with Gasteiger partial charge in [-0.1, -0.05) is 44.1 Å². The number of allylic oxidation sites excluding steroid dienone is 4. The Kier molecular flexibility index (Phi) is 2.93. The van der Waals surface area contributed by atoms with Gasteiger partial charge in [0, 0.05) is 12.0 Å². The zero-order valence-corrected chi connectivity index (χ0v) is 13.5. The van der Waals surface area contributed by atoms with Crippen LogP contribution in [0.3, 0.4) is 0 Å². The van der Waals surface area contributed by atoms with Crippen molar-refractivity contribution >= 4 is 0 Å². The van der Waals surface area contributed by atoms with Gasteiger partial charge in [0.1, 0.15) is 0 Å². The molecular weight excluding hydrogens is 242 g/mol. The van der Waals surface area contributed by atoms with Crippen LogP contribution in [0.25, 0.3) is 0 Å². The van der Waals surface area contributed by atoms with Gasteiger partial charge < -0.3 is 4.90 Å². The lowest BCUT2D eigenvalue weighted by atomic mass is 9.65. The largest absolute Gasteiger partial charge is 0.303 e. The summed E-state index contributed by atoms with van der Waals surface area (Å²) < 4.78 is 0. The van der Waals surface area contributed by atoms with E-state index in [4.69, 9.17) is 0 Å². The molecule has 4 aliphatic rings. The van der Waals surface area contributed by atoms with Crippen molar-refractivity contribution in [2.75, 3.05) is 13.6 Å². The Morgan fingerprint density at radius 1 is 1.25 bits per heavy atom. The van der Waals surface area contributed by atoms with Crippen LogP contribution in [0.5, 0.6) is 0 Å². The molecule has 0 N–H and O–H groups in total. The molecule has 0 aromatic carbocycles. The second-order valence-corrected chi connectivity index (χ2v) is 7.89. The second-order valence-electron chi connectivity index (χ2n) is 7.89. The molecule has 1 nitrogen and oxygen atoms in total. The minimum Gasteiger partial charge on any atom is -0.303 e. The molecule has 6 unspecified atom stereocenters. The molecule has 0 spiro atoms. The molecule has 0 saturated heterocycles. The first kappa shape index (κ1) is 13.1. The van der Waals surface area contributed by atoms with E-state index < -0.39 is 0 Å². The van der Waals surface area contributed by atoms with Gasteiger partial charge in [0.15, 0.2) is 0 Å². The highest BCUT2D eigenvalue weighted by molar-refractivity contribution is 5.42. The summed E-state index contributed by atoms with van der Waals surface area (Å²) in [6.45, 7) is 8.35. The Labute approximate surface area is 124 Å². The molecule has 0 radical (unpaired) electrons. The van der Waals surface area contributed by atoms with Gasteiger partial charge in [0.2, 0.25) is 0 Å². The Hall–Kier alpha value is -0.560. The fourth-order valence-corrected chi connectivity index (χ4v) is 5.71. The van der Waals surface area contributed by atoms with E-state index >= 15 is 0 Å². The van der Waals surface area contributed by atoms with Crippen molar-refractivity contribution in [1.82, 2.24) is 4.90 Å². The van der Waals surface area contributed by atoms with Gasteiger partial charge in [-0.05, 0) is 62.4 Å². The van der Waals surface area contributed by atoms with Gasteiger partial charge in [0.05, 0.1) is 0 Å². The van der Waals surface area contributed by atoms with Gasteiger partial charge in [0.25, 0.3) is 0 Å². The second kappa shape index (κ2) is 4.47. The standard InChI is InChI=1S/C19H29N/c1-5-20(4)17-9-8-14-15-10-16(15)18(11(2)3)12-6-7-13(12)19(14)17/h6-7,11-15,17,19H,5,8-10H2,1-4H3. The van der Waals surface area contributed by atoms with Crippen LogP contribution >= 0.6 is 0 Å². The van der Waals surface area contributed by atoms with E-state index in [1.807, 2.05) is 11.1 Å². The van der Waals surface area contributed by atoms with Crippen LogP contribution in [0.1, 0.15) is 40.0 Å². The van der Waals surface area contributed by atoms with Crippen molar-refractivity contribution in [2.45, 2.75) is 46.1 Å². The first-order valence-corrected chi connectivity index (χ1v) is 8.74. The minimum absolute atomic E-state index is 0.758. The zero-order chi connectivity index (χ0) is 14.0. The van der Waals surface area contributed by atoms with Crippen LogP contribution in [-0.2, 0) is 0 Å². The van der Waals surface area contributed by atoms with Crippen molar-refractivity contribution in [3.8, 4) is 0 Å². The summed E-state index contributed by atoms with van der Waals surface area (Å²) in [5, 5.41) is 0. The fraction of sp³-hybridized carbons (Fsp3) is 0.789. The number of hydrogen-bond donors (Lipinski definition) is 0. The highest BCUT2D eigenvalue weighted by Gasteiger charge is 2.56. The quantitative estimate of drug-likeness (QED) is 0.698. The minimum atomic E-state index is 0.758. The third-order valence-corrected chi connectivity index (χ3v) is 6.80. The molecule has 4 aliphatic carbocycles. The average Bonchev–Trinajstić information content (AvgIpc) is 3.06. The highest BCUT2D eigenvalue weighted by atomic mass is 15.1. The maximum Gasteiger partial charge on any atom is 0.0129 e. The van der Waals surface area contributed by atoms with Gasteiger partial charge in [-0.25, -0.2) is 0 Å². The molecule has 20 heavy (non-hydrogen) atoms. The van der Waals surface area contributed by atoms with E-state index in [2.05, 4.69) is 44.9 Å². The van der Waals surface area contributed by atoms with Crippen molar-refractivity contribution in [1.29, 1.82) is 0 Å². The first-order chi connectivity index (χ1) is 9.63. The smallest absolute Gasteiger partial charge is 0.0129 e. The van der Waals surface area contributed by atoms with Crippen LogP contribution in [0.15, 0.2) is 23.3 Å². The lowest BCUT2D eigenvalue weighted by Gasteiger charge is -2.42. The molecule has 0 aromatic heterocycles. The van der Waals surface area contributed by atoms with Crippen molar-refractivity contribution in [2.24, 2.45) is 35.5 Å². The van der Waals surface area contributed by atoms with Crippen LogP contribution < -0.4 is 0 Å². The molecule has 0 aromatic rings. The van der Waals surface area contributed by atoms with Crippen molar-refractivity contribution in [3.63, 3.8) is 0 Å². The Balaban J connectivity index is 1.70. The highest BCUT2D eigenvalue weighted by Crippen LogP contribution is 2.63. The average molecular weight is 271 g/mol. The van der Waals surface area contributed by atoms with Crippen LogP contribution in [-0.4, -0.2) is 24.5 Å². The molecule has 0 bridgehead atoms.